The second kappa shape index (κ2) is 8.28. The first kappa shape index (κ1) is 17.0. The van der Waals surface area contributed by atoms with Gasteiger partial charge in [0.25, 0.3) is 0 Å². The number of likely N-dealkylation sites (tertiary alicyclic amines) is 1. The highest BCUT2D eigenvalue weighted by atomic mass is 32.2. The predicted molar refractivity (Wildman–Crippen MR) is 94.7 cm³/mol. The normalized spacial score (nSPS) is 14.3. The molecular weight excluding hydrogens is 322 g/mol. The molecule has 0 atom stereocenters. The molecular formula is C17H23N5OS. The number of thioether (sulfide) groups is 1. The second-order valence-corrected chi connectivity index (χ2v) is 6.87. The van der Waals surface area contributed by atoms with Crippen LogP contribution in [0.2, 0.25) is 0 Å². The molecule has 1 saturated heterocycles. The van der Waals surface area contributed by atoms with Crippen molar-refractivity contribution < 1.29 is 4.79 Å². The van der Waals surface area contributed by atoms with Gasteiger partial charge in [-0.2, -0.15) is 0 Å². The van der Waals surface area contributed by atoms with Gasteiger partial charge < -0.3 is 9.47 Å². The topological polar surface area (TPSA) is 63.9 Å². The molecule has 0 radical (unpaired) electrons. The zero-order chi connectivity index (χ0) is 16.8. The Kier molecular flexibility index (Phi) is 5.85. The summed E-state index contributed by atoms with van der Waals surface area (Å²) in [6, 6.07) is 3.88. The van der Waals surface area contributed by atoms with Gasteiger partial charge in [0.2, 0.25) is 5.91 Å². The van der Waals surface area contributed by atoms with Crippen molar-refractivity contribution in [2.45, 2.75) is 44.3 Å². The summed E-state index contributed by atoms with van der Waals surface area (Å²) in [5.41, 5.74) is 1.01. The van der Waals surface area contributed by atoms with Gasteiger partial charge in [-0.1, -0.05) is 25.1 Å². The van der Waals surface area contributed by atoms with Crippen LogP contribution >= 0.6 is 11.8 Å². The van der Waals surface area contributed by atoms with Gasteiger partial charge in [0.1, 0.15) is 0 Å². The second-order valence-electron chi connectivity index (χ2n) is 5.92. The molecule has 2 aromatic rings. The SMILES string of the molecule is CCCCn1c(SCC(=O)N2CCCC2)nnc1-c1ccncc1. The fourth-order valence-electron chi connectivity index (χ4n) is 2.81. The Morgan fingerprint density at radius 3 is 2.67 bits per heavy atom. The van der Waals surface area contributed by atoms with Gasteiger partial charge in [0.05, 0.1) is 5.75 Å². The molecule has 0 spiro atoms. The third-order valence-corrected chi connectivity index (χ3v) is 5.13. The fourth-order valence-corrected chi connectivity index (χ4v) is 3.68. The van der Waals surface area contributed by atoms with Crippen LogP contribution in [-0.2, 0) is 11.3 Å². The lowest BCUT2D eigenvalue weighted by Crippen LogP contribution is -2.29. The smallest absolute Gasteiger partial charge is 0.233 e. The molecule has 0 bridgehead atoms. The Morgan fingerprint density at radius 2 is 1.96 bits per heavy atom. The largest absolute Gasteiger partial charge is 0.342 e. The van der Waals surface area contributed by atoms with Crippen molar-refractivity contribution in [1.82, 2.24) is 24.6 Å². The lowest BCUT2D eigenvalue weighted by Gasteiger charge is -2.15. The number of rotatable bonds is 7. The van der Waals surface area contributed by atoms with Crippen molar-refractivity contribution >= 4 is 17.7 Å². The highest BCUT2D eigenvalue weighted by Crippen LogP contribution is 2.25. The highest BCUT2D eigenvalue weighted by molar-refractivity contribution is 7.99. The van der Waals surface area contributed by atoms with Gasteiger partial charge in [0.15, 0.2) is 11.0 Å². The van der Waals surface area contributed by atoms with Gasteiger partial charge >= 0.3 is 0 Å². The minimum atomic E-state index is 0.202. The zero-order valence-corrected chi connectivity index (χ0v) is 14.8. The molecule has 7 heteroatoms. The van der Waals surface area contributed by atoms with Crippen LogP contribution in [-0.4, -0.2) is 49.4 Å². The summed E-state index contributed by atoms with van der Waals surface area (Å²) in [4.78, 5) is 18.3. The molecule has 6 nitrogen and oxygen atoms in total. The summed E-state index contributed by atoms with van der Waals surface area (Å²) in [7, 11) is 0. The van der Waals surface area contributed by atoms with Crippen LogP contribution in [0.1, 0.15) is 32.6 Å². The summed E-state index contributed by atoms with van der Waals surface area (Å²) in [6.45, 7) is 4.82. The van der Waals surface area contributed by atoms with E-state index in [9.17, 15) is 4.79 Å². The fraction of sp³-hybridized carbons (Fsp3) is 0.529. The van der Waals surface area contributed by atoms with Gasteiger partial charge in [-0.15, -0.1) is 10.2 Å². The van der Waals surface area contributed by atoms with E-state index in [4.69, 9.17) is 0 Å². The summed E-state index contributed by atoms with van der Waals surface area (Å²) < 4.78 is 2.13. The number of hydrogen-bond donors (Lipinski definition) is 0. The molecule has 0 aromatic carbocycles. The van der Waals surface area contributed by atoms with Crippen LogP contribution in [0.25, 0.3) is 11.4 Å². The van der Waals surface area contributed by atoms with E-state index in [1.54, 1.807) is 12.4 Å². The van der Waals surface area contributed by atoms with Crippen molar-refractivity contribution in [2.24, 2.45) is 0 Å². The number of amides is 1. The van der Waals surface area contributed by atoms with Crippen LogP contribution in [0.5, 0.6) is 0 Å². The quantitative estimate of drug-likeness (QED) is 0.722. The first-order chi connectivity index (χ1) is 11.8. The van der Waals surface area contributed by atoms with Crippen LogP contribution < -0.4 is 0 Å². The Hall–Kier alpha value is -1.89. The molecule has 3 rings (SSSR count). The standard InChI is InChI=1S/C17H23N5OS/c1-2-3-12-22-16(14-6-8-18-9-7-14)19-20-17(22)24-13-15(23)21-10-4-5-11-21/h6-9H,2-5,10-13H2,1H3. The number of pyridine rings is 1. The Morgan fingerprint density at radius 1 is 1.21 bits per heavy atom. The molecule has 24 heavy (non-hydrogen) atoms. The van der Waals surface area contributed by atoms with E-state index >= 15 is 0 Å². The van der Waals surface area contributed by atoms with Gasteiger partial charge in [-0.05, 0) is 31.4 Å². The van der Waals surface area contributed by atoms with Crippen molar-refractivity contribution in [3.8, 4) is 11.4 Å². The number of carbonyl (C=O) groups is 1. The van der Waals surface area contributed by atoms with E-state index in [0.717, 1.165) is 61.9 Å². The predicted octanol–water partition coefficient (Wildman–Crippen LogP) is 2.85. The molecule has 2 aromatic heterocycles. The van der Waals surface area contributed by atoms with Gasteiger partial charge in [0, 0.05) is 37.6 Å². The summed E-state index contributed by atoms with van der Waals surface area (Å²) in [5, 5.41) is 9.51. The number of aromatic nitrogens is 4. The first-order valence-electron chi connectivity index (χ1n) is 8.53. The zero-order valence-electron chi connectivity index (χ0n) is 14.0. The van der Waals surface area contributed by atoms with Gasteiger partial charge in [-0.25, -0.2) is 0 Å². The van der Waals surface area contributed by atoms with E-state index in [-0.39, 0.29) is 5.91 Å². The maximum absolute atomic E-state index is 12.3. The van der Waals surface area contributed by atoms with E-state index in [1.165, 1.54) is 11.8 Å². The lowest BCUT2D eigenvalue weighted by molar-refractivity contribution is -0.127. The van der Waals surface area contributed by atoms with Crippen molar-refractivity contribution in [2.75, 3.05) is 18.8 Å². The average molecular weight is 345 g/mol. The minimum absolute atomic E-state index is 0.202. The summed E-state index contributed by atoms with van der Waals surface area (Å²) in [5.74, 6) is 1.48. The summed E-state index contributed by atoms with van der Waals surface area (Å²) in [6.07, 6.45) is 7.93. The molecule has 0 unspecified atom stereocenters. The maximum atomic E-state index is 12.3. The lowest BCUT2D eigenvalue weighted by atomic mass is 10.2. The first-order valence-corrected chi connectivity index (χ1v) is 9.52. The third kappa shape index (κ3) is 3.95. The molecule has 0 saturated carbocycles. The molecule has 1 fully saturated rings. The van der Waals surface area contributed by atoms with Crippen molar-refractivity contribution in [3.63, 3.8) is 0 Å². The average Bonchev–Trinajstić information content (AvgIpc) is 3.28. The van der Waals surface area contributed by atoms with Crippen molar-refractivity contribution in [1.29, 1.82) is 0 Å². The number of nitrogens with zero attached hydrogens (tertiary/aromatic N) is 5. The monoisotopic (exact) mass is 345 g/mol. The van der Waals surface area contributed by atoms with Crippen LogP contribution in [0, 0.1) is 0 Å². The van der Waals surface area contributed by atoms with E-state index < -0.39 is 0 Å². The molecule has 128 valence electrons. The number of unbranched alkanes of at least 4 members (excludes halogenated alkanes) is 1. The Balaban J connectivity index is 1.74. The molecule has 1 aliphatic rings. The molecule has 3 heterocycles. The van der Waals surface area contributed by atoms with E-state index in [2.05, 4.69) is 26.7 Å². The molecule has 0 aliphatic carbocycles. The summed E-state index contributed by atoms with van der Waals surface area (Å²) >= 11 is 1.49. The van der Waals surface area contributed by atoms with E-state index in [0.29, 0.717) is 5.75 Å². The van der Waals surface area contributed by atoms with Crippen molar-refractivity contribution in [3.05, 3.63) is 24.5 Å². The minimum Gasteiger partial charge on any atom is -0.342 e. The number of carbonyl (C=O) groups excluding carboxylic acids is 1. The molecule has 0 N–H and O–H groups in total. The number of hydrogen-bond acceptors (Lipinski definition) is 5. The maximum Gasteiger partial charge on any atom is 0.233 e. The third-order valence-electron chi connectivity index (χ3n) is 4.17. The highest BCUT2D eigenvalue weighted by Gasteiger charge is 2.20. The van der Waals surface area contributed by atoms with Gasteiger partial charge in [-0.3, -0.25) is 9.78 Å². The molecule has 1 aliphatic heterocycles. The van der Waals surface area contributed by atoms with Crippen LogP contribution in [0.15, 0.2) is 29.7 Å². The van der Waals surface area contributed by atoms with E-state index in [1.807, 2.05) is 17.0 Å². The Bertz CT molecular complexity index is 667. The van der Waals surface area contributed by atoms with Crippen LogP contribution in [0.3, 0.4) is 0 Å². The van der Waals surface area contributed by atoms with Crippen LogP contribution in [0.4, 0.5) is 0 Å². The Labute approximate surface area is 146 Å². The molecule has 1 amide bonds.